The van der Waals surface area contributed by atoms with E-state index < -0.39 is 13.5 Å². The molecule has 112 valence electrons. The van der Waals surface area contributed by atoms with Gasteiger partial charge in [-0.2, -0.15) is 0 Å². The minimum absolute atomic E-state index is 0.0492. The van der Waals surface area contributed by atoms with Crippen molar-refractivity contribution in [1.29, 1.82) is 0 Å². The average Bonchev–Trinajstić information content (AvgIpc) is 2.62. The van der Waals surface area contributed by atoms with Crippen LogP contribution in [-0.4, -0.2) is 24.7 Å². The second kappa shape index (κ2) is 5.62. The molecule has 23 heavy (non-hydrogen) atoms. The number of hydrogen-bond donors (Lipinski definition) is 1. The standard InChI is InChI=1S/C20H15NOSe/c1-23-17-12-6-5-11-16(17)21-19-15(10-7-13-18(19)23)20(22)14-8-3-2-4-9-14/h2-13,21H,1H2. The second-order valence-electron chi connectivity index (χ2n) is 5.39. The van der Waals surface area contributed by atoms with Gasteiger partial charge in [0.05, 0.1) is 0 Å². The topological polar surface area (TPSA) is 29.1 Å². The summed E-state index contributed by atoms with van der Waals surface area (Å²) >= 11 is -1.36. The van der Waals surface area contributed by atoms with Gasteiger partial charge in [-0.05, 0) is 0 Å². The van der Waals surface area contributed by atoms with Crippen molar-refractivity contribution in [2.24, 2.45) is 0 Å². The van der Waals surface area contributed by atoms with Gasteiger partial charge in [-0.1, -0.05) is 0 Å². The van der Waals surface area contributed by atoms with Gasteiger partial charge in [-0.15, -0.1) is 0 Å². The zero-order valence-electron chi connectivity index (χ0n) is 12.5. The van der Waals surface area contributed by atoms with E-state index in [0.29, 0.717) is 5.56 Å². The summed E-state index contributed by atoms with van der Waals surface area (Å²) in [6.07, 6.45) is 0. The Balaban J connectivity index is 1.86. The second-order valence-corrected chi connectivity index (χ2v) is 8.87. The molecule has 0 amide bonds. The van der Waals surface area contributed by atoms with Gasteiger partial charge >= 0.3 is 139 Å². The van der Waals surface area contributed by atoms with Crippen molar-refractivity contribution in [1.82, 2.24) is 0 Å². The Morgan fingerprint density at radius 2 is 1.52 bits per heavy atom. The van der Waals surface area contributed by atoms with E-state index in [2.05, 4.69) is 28.9 Å². The third-order valence-corrected chi connectivity index (χ3v) is 7.67. The van der Waals surface area contributed by atoms with Crippen LogP contribution in [-0.2, 0) is 0 Å². The molecule has 0 saturated heterocycles. The van der Waals surface area contributed by atoms with Crippen molar-refractivity contribution >= 4 is 45.0 Å². The van der Waals surface area contributed by atoms with Gasteiger partial charge in [0, 0.05) is 0 Å². The summed E-state index contributed by atoms with van der Waals surface area (Å²) in [5.74, 6) is 0.0492. The fourth-order valence-corrected chi connectivity index (χ4v) is 6.02. The van der Waals surface area contributed by atoms with E-state index in [4.69, 9.17) is 0 Å². The van der Waals surface area contributed by atoms with E-state index in [1.54, 1.807) is 0 Å². The summed E-state index contributed by atoms with van der Waals surface area (Å²) in [5, 5.41) is 3.46. The Kier molecular flexibility index (Phi) is 3.45. The molecule has 1 atom stereocenters. The maximum atomic E-state index is 12.9. The number of para-hydroxylation sites is 2. The summed E-state index contributed by atoms with van der Waals surface area (Å²) in [5.41, 5.74) is 7.87. The Morgan fingerprint density at radius 3 is 2.35 bits per heavy atom. The minimum atomic E-state index is -1.36. The van der Waals surface area contributed by atoms with Crippen LogP contribution in [0.3, 0.4) is 0 Å². The Bertz CT molecular complexity index is 931. The Labute approximate surface area is 139 Å². The molecule has 3 aromatic rings. The molecule has 3 heteroatoms. The molecule has 4 rings (SSSR count). The molecule has 0 aliphatic carbocycles. The van der Waals surface area contributed by atoms with E-state index in [-0.39, 0.29) is 5.78 Å². The molecule has 1 aliphatic rings. The van der Waals surface area contributed by atoms with Gasteiger partial charge in [0.25, 0.3) is 0 Å². The van der Waals surface area contributed by atoms with E-state index in [1.807, 2.05) is 54.6 Å². The SMILES string of the molecule is C=[Se]1c2ccccc2Nc2c(C(=O)c3ccccc3)cccc21. The summed E-state index contributed by atoms with van der Waals surface area (Å²) < 4.78 is 2.47. The fourth-order valence-electron chi connectivity index (χ4n) is 2.84. The van der Waals surface area contributed by atoms with Crippen molar-refractivity contribution in [2.75, 3.05) is 5.32 Å². The summed E-state index contributed by atoms with van der Waals surface area (Å²) in [4.78, 5) is 12.9. The predicted octanol–water partition coefficient (Wildman–Crippen LogP) is 2.60. The number of carbonyl (C=O) groups is 1. The fraction of sp³-hybridized carbons (Fsp3) is 0. The van der Waals surface area contributed by atoms with E-state index in [0.717, 1.165) is 16.9 Å². The van der Waals surface area contributed by atoms with Gasteiger partial charge in [0.1, 0.15) is 0 Å². The first-order valence-corrected chi connectivity index (χ1v) is 10.3. The van der Waals surface area contributed by atoms with E-state index >= 15 is 0 Å². The molecule has 1 aliphatic heterocycles. The number of nitrogens with one attached hydrogen (secondary N) is 1. The molecule has 1 unspecified atom stereocenters. The van der Waals surface area contributed by atoms with Crippen molar-refractivity contribution in [3.8, 4) is 0 Å². The molecule has 1 N–H and O–H groups in total. The molecule has 3 aromatic carbocycles. The predicted molar refractivity (Wildman–Crippen MR) is 98.2 cm³/mol. The van der Waals surface area contributed by atoms with Crippen LogP contribution in [0.2, 0.25) is 0 Å². The first-order valence-electron chi connectivity index (χ1n) is 7.38. The van der Waals surface area contributed by atoms with Crippen LogP contribution in [0.5, 0.6) is 0 Å². The number of hydrogen-bond acceptors (Lipinski definition) is 2. The van der Waals surface area contributed by atoms with E-state index in [9.17, 15) is 4.79 Å². The first-order chi connectivity index (χ1) is 11.3. The van der Waals surface area contributed by atoms with Crippen molar-refractivity contribution < 1.29 is 4.79 Å². The molecule has 1 heterocycles. The number of benzene rings is 3. The molecular weight excluding hydrogens is 349 g/mol. The molecule has 2 nitrogen and oxygen atoms in total. The number of ketones is 1. The zero-order chi connectivity index (χ0) is 15.8. The summed E-state index contributed by atoms with van der Waals surface area (Å²) in [7, 11) is 0. The number of carbonyl (C=O) groups excluding carboxylic acids is 1. The normalized spacial score (nSPS) is 15.2. The van der Waals surface area contributed by atoms with Crippen LogP contribution in [0.4, 0.5) is 11.4 Å². The van der Waals surface area contributed by atoms with Crippen molar-refractivity contribution in [2.45, 2.75) is 0 Å². The Hall–Kier alpha value is -2.48. The molecule has 0 saturated carbocycles. The van der Waals surface area contributed by atoms with Gasteiger partial charge in [0.15, 0.2) is 0 Å². The van der Waals surface area contributed by atoms with Crippen LogP contribution >= 0.6 is 0 Å². The Morgan fingerprint density at radius 1 is 0.826 bits per heavy atom. The van der Waals surface area contributed by atoms with Crippen LogP contribution in [0.1, 0.15) is 15.9 Å². The maximum absolute atomic E-state index is 12.9. The molecular formula is C20H15NOSe. The molecule has 0 spiro atoms. The van der Waals surface area contributed by atoms with Crippen molar-refractivity contribution in [3.05, 3.63) is 83.9 Å². The third-order valence-electron chi connectivity index (χ3n) is 3.98. The monoisotopic (exact) mass is 365 g/mol. The molecule has 0 aromatic heterocycles. The summed E-state index contributed by atoms with van der Waals surface area (Å²) in [6, 6.07) is 23.6. The van der Waals surface area contributed by atoms with Crippen LogP contribution in [0.25, 0.3) is 0 Å². The van der Waals surface area contributed by atoms with E-state index in [1.165, 1.54) is 8.92 Å². The number of anilines is 2. The van der Waals surface area contributed by atoms with Crippen LogP contribution < -0.4 is 14.2 Å². The molecule has 0 bridgehead atoms. The third kappa shape index (κ3) is 2.35. The number of rotatable bonds is 2. The number of fused-ring (bicyclic) bond motifs is 2. The molecule has 0 radical (unpaired) electrons. The van der Waals surface area contributed by atoms with Gasteiger partial charge in [-0.25, -0.2) is 0 Å². The van der Waals surface area contributed by atoms with Crippen LogP contribution in [0.15, 0.2) is 72.8 Å². The molecule has 0 fully saturated rings. The van der Waals surface area contributed by atoms with Gasteiger partial charge in [0.2, 0.25) is 0 Å². The van der Waals surface area contributed by atoms with Crippen LogP contribution in [0, 0.1) is 0 Å². The average molecular weight is 364 g/mol. The zero-order valence-corrected chi connectivity index (χ0v) is 14.2. The quantitative estimate of drug-likeness (QED) is 0.438. The van der Waals surface area contributed by atoms with Gasteiger partial charge < -0.3 is 0 Å². The van der Waals surface area contributed by atoms with Gasteiger partial charge in [-0.3, -0.25) is 0 Å². The first kappa shape index (κ1) is 14.1. The van der Waals surface area contributed by atoms with Crippen molar-refractivity contribution in [3.63, 3.8) is 0 Å². The summed E-state index contributed by atoms with van der Waals surface area (Å²) in [6.45, 7) is 0.